The number of piperidine rings is 1. The molecule has 0 aromatic carbocycles. The van der Waals surface area contributed by atoms with Crippen molar-refractivity contribution in [3.05, 3.63) is 36.0 Å². The average molecular weight is 365 g/mol. The van der Waals surface area contributed by atoms with E-state index in [9.17, 15) is 0 Å². The van der Waals surface area contributed by atoms with E-state index in [1.807, 2.05) is 18.5 Å². The highest BCUT2D eigenvalue weighted by molar-refractivity contribution is 5.42. The molecule has 7 heteroatoms. The molecule has 1 aliphatic carbocycles. The number of anilines is 1. The smallest absolute Gasteiger partial charge is 0.147 e. The molecule has 0 bridgehead atoms. The first-order valence-electron chi connectivity index (χ1n) is 10.1. The van der Waals surface area contributed by atoms with Crippen LogP contribution in [0.15, 0.2) is 24.7 Å². The van der Waals surface area contributed by atoms with E-state index in [0.717, 1.165) is 44.1 Å². The predicted octanol–water partition coefficient (Wildman–Crippen LogP) is 2.81. The Kier molecular flexibility index (Phi) is 5.64. The molecule has 0 amide bonds. The zero-order valence-electron chi connectivity index (χ0n) is 15.7. The molecule has 1 aliphatic heterocycles. The summed E-state index contributed by atoms with van der Waals surface area (Å²) in [6.07, 6.45) is 12.2. The monoisotopic (exact) mass is 365 g/mol. The van der Waals surface area contributed by atoms with E-state index >= 15 is 0 Å². The Bertz CT molecular complexity index is 762. The lowest BCUT2D eigenvalue weighted by Crippen LogP contribution is -2.42. The number of pyridine rings is 1. The Morgan fingerprint density at radius 1 is 1.11 bits per heavy atom. The Morgan fingerprint density at radius 3 is 2.63 bits per heavy atom. The highest BCUT2D eigenvalue weighted by atomic mass is 15.3. The first-order valence-corrected chi connectivity index (χ1v) is 10.1. The third kappa shape index (κ3) is 4.28. The first-order chi connectivity index (χ1) is 13.3. The Morgan fingerprint density at radius 2 is 1.93 bits per heavy atom. The van der Waals surface area contributed by atoms with Gasteiger partial charge in [-0.2, -0.15) is 5.26 Å². The molecule has 27 heavy (non-hydrogen) atoms. The van der Waals surface area contributed by atoms with Crippen molar-refractivity contribution in [3.8, 4) is 6.07 Å². The van der Waals surface area contributed by atoms with Crippen LogP contribution in [0.3, 0.4) is 0 Å². The van der Waals surface area contributed by atoms with Crippen LogP contribution in [0.2, 0.25) is 0 Å². The second-order valence-electron chi connectivity index (χ2n) is 7.61. The van der Waals surface area contributed by atoms with Gasteiger partial charge in [0.05, 0.1) is 12.1 Å². The highest BCUT2D eigenvalue weighted by Gasteiger charge is 2.22. The zero-order valence-corrected chi connectivity index (χ0v) is 15.7. The van der Waals surface area contributed by atoms with Gasteiger partial charge in [-0.3, -0.25) is 0 Å². The fraction of sp³-hybridized carbons (Fsp3) is 0.600. The maximum atomic E-state index is 8.89. The Hall–Kier alpha value is -2.46. The summed E-state index contributed by atoms with van der Waals surface area (Å²) >= 11 is 0. The lowest BCUT2D eigenvalue weighted by molar-refractivity contribution is 0.337. The molecule has 0 atom stereocenters. The standard InChI is InChI=1S/C20H27N7/c21-12-16-6-7-19(23-13-16)26-10-8-17(9-11-26)22-14-20-25-24-15-27(20)18-4-2-1-3-5-18/h6-7,13,15,17-18,22H,1-5,8-11,14H2. The predicted molar refractivity (Wildman–Crippen MR) is 103 cm³/mol. The molecule has 1 saturated heterocycles. The van der Waals surface area contributed by atoms with E-state index < -0.39 is 0 Å². The van der Waals surface area contributed by atoms with Crippen molar-refractivity contribution < 1.29 is 0 Å². The van der Waals surface area contributed by atoms with Crippen molar-refractivity contribution in [2.45, 2.75) is 63.6 Å². The van der Waals surface area contributed by atoms with Crippen LogP contribution in [-0.2, 0) is 6.54 Å². The topological polar surface area (TPSA) is 82.7 Å². The number of hydrogen-bond donors (Lipinski definition) is 1. The fourth-order valence-electron chi connectivity index (χ4n) is 4.24. The summed E-state index contributed by atoms with van der Waals surface area (Å²) in [7, 11) is 0. The molecular formula is C20H27N7. The van der Waals surface area contributed by atoms with Crippen LogP contribution in [0, 0.1) is 11.3 Å². The van der Waals surface area contributed by atoms with Crippen LogP contribution < -0.4 is 10.2 Å². The molecule has 0 radical (unpaired) electrons. The molecule has 2 aliphatic rings. The van der Waals surface area contributed by atoms with Crippen LogP contribution in [0.4, 0.5) is 5.82 Å². The molecule has 4 rings (SSSR count). The minimum atomic E-state index is 0.496. The van der Waals surface area contributed by atoms with E-state index in [4.69, 9.17) is 5.26 Å². The van der Waals surface area contributed by atoms with Crippen molar-refractivity contribution in [1.82, 2.24) is 25.1 Å². The van der Waals surface area contributed by atoms with Crippen molar-refractivity contribution in [1.29, 1.82) is 5.26 Å². The molecule has 2 aromatic rings. The number of nitrogens with zero attached hydrogens (tertiary/aromatic N) is 6. The van der Waals surface area contributed by atoms with Gasteiger partial charge in [0.25, 0.3) is 0 Å². The van der Waals surface area contributed by atoms with Crippen LogP contribution in [0.25, 0.3) is 0 Å². The molecular weight excluding hydrogens is 338 g/mol. The largest absolute Gasteiger partial charge is 0.357 e. The van der Waals surface area contributed by atoms with E-state index in [-0.39, 0.29) is 0 Å². The van der Waals surface area contributed by atoms with Gasteiger partial charge in [0.1, 0.15) is 24.0 Å². The Labute approximate surface area is 160 Å². The molecule has 1 saturated carbocycles. The van der Waals surface area contributed by atoms with Gasteiger partial charge in [-0.15, -0.1) is 10.2 Å². The first kappa shape index (κ1) is 17.9. The Balaban J connectivity index is 1.27. The number of aromatic nitrogens is 4. The quantitative estimate of drug-likeness (QED) is 0.877. The molecule has 3 heterocycles. The fourth-order valence-corrected chi connectivity index (χ4v) is 4.24. The van der Waals surface area contributed by atoms with Crippen LogP contribution >= 0.6 is 0 Å². The minimum absolute atomic E-state index is 0.496. The SMILES string of the molecule is N#Cc1ccc(N2CCC(NCc3nncn3C3CCCCC3)CC2)nc1. The summed E-state index contributed by atoms with van der Waals surface area (Å²) < 4.78 is 2.29. The van der Waals surface area contributed by atoms with E-state index in [1.165, 1.54) is 32.1 Å². The van der Waals surface area contributed by atoms with Gasteiger partial charge in [-0.1, -0.05) is 19.3 Å². The molecule has 0 unspecified atom stereocenters. The summed E-state index contributed by atoms with van der Waals surface area (Å²) in [5, 5.41) is 21.1. The van der Waals surface area contributed by atoms with Gasteiger partial charge >= 0.3 is 0 Å². The molecule has 2 aromatic heterocycles. The van der Waals surface area contributed by atoms with Crippen molar-refractivity contribution >= 4 is 5.82 Å². The average Bonchev–Trinajstić information content (AvgIpc) is 3.22. The molecule has 7 nitrogen and oxygen atoms in total. The highest BCUT2D eigenvalue weighted by Crippen LogP contribution is 2.28. The number of nitrogens with one attached hydrogen (secondary N) is 1. The second kappa shape index (κ2) is 8.49. The van der Waals surface area contributed by atoms with E-state index in [2.05, 4.69) is 36.0 Å². The van der Waals surface area contributed by atoms with Gasteiger partial charge in [0, 0.05) is 31.4 Å². The van der Waals surface area contributed by atoms with Crippen molar-refractivity contribution in [2.75, 3.05) is 18.0 Å². The summed E-state index contributed by atoms with van der Waals surface area (Å²) in [4.78, 5) is 6.71. The summed E-state index contributed by atoms with van der Waals surface area (Å²) in [6.45, 7) is 2.74. The third-order valence-electron chi connectivity index (χ3n) is 5.86. The van der Waals surface area contributed by atoms with E-state index in [0.29, 0.717) is 17.6 Å². The van der Waals surface area contributed by atoms with Crippen LogP contribution in [0.5, 0.6) is 0 Å². The van der Waals surface area contributed by atoms with Gasteiger partial charge in [-0.25, -0.2) is 4.98 Å². The molecule has 2 fully saturated rings. The van der Waals surface area contributed by atoms with Gasteiger partial charge in [0.15, 0.2) is 0 Å². The molecule has 142 valence electrons. The number of hydrogen-bond acceptors (Lipinski definition) is 6. The van der Waals surface area contributed by atoms with Crippen LogP contribution in [0.1, 0.15) is 62.4 Å². The summed E-state index contributed by atoms with van der Waals surface area (Å²) in [6, 6.07) is 6.97. The van der Waals surface area contributed by atoms with Gasteiger partial charge < -0.3 is 14.8 Å². The second-order valence-corrected chi connectivity index (χ2v) is 7.61. The lowest BCUT2D eigenvalue weighted by atomic mass is 9.95. The van der Waals surface area contributed by atoms with E-state index in [1.54, 1.807) is 6.20 Å². The summed E-state index contributed by atoms with van der Waals surface area (Å²) in [5.41, 5.74) is 0.609. The van der Waals surface area contributed by atoms with Crippen molar-refractivity contribution in [3.63, 3.8) is 0 Å². The third-order valence-corrected chi connectivity index (χ3v) is 5.86. The van der Waals surface area contributed by atoms with Crippen molar-refractivity contribution in [2.24, 2.45) is 0 Å². The number of rotatable bonds is 5. The normalized spacial score (nSPS) is 19.1. The lowest BCUT2D eigenvalue weighted by Gasteiger charge is -2.33. The number of nitriles is 1. The minimum Gasteiger partial charge on any atom is -0.357 e. The summed E-state index contributed by atoms with van der Waals surface area (Å²) in [5.74, 6) is 2.03. The zero-order chi connectivity index (χ0) is 18.5. The van der Waals surface area contributed by atoms with Gasteiger partial charge in [0.2, 0.25) is 0 Å². The molecule has 0 spiro atoms. The maximum Gasteiger partial charge on any atom is 0.147 e. The van der Waals surface area contributed by atoms with Gasteiger partial charge in [-0.05, 0) is 37.8 Å². The molecule has 1 N–H and O–H groups in total. The maximum absolute atomic E-state index is 8.89. The van der Waals surface area contributed by atoms with Crippen LogP contribution in [-0.4, -0.2) is 38.9 Å².